The number of halogens is 3. The summed E-state index contributed by atoms with van der Waals surface area (Å²) in [6.45, 7) is 0.0399. The number of alkyl halides is 3. The minimum absolute atomic E-state index is 0.000375. The lowest BCUT2D eigenvalue weighted by Gasteiger charge is -2.10. The van der Waals surface area contributed by atoms with Gasteiger partial charge >= 0.3 is 12.1 Å². The summed E-state index contributed by atoms with van der Waals surface area (Å²) >= 11 is 0. The van der Waals surface area contributed by atoms with Crippen molar-refractivity contribution < 1.29 is 31.5 Å². The van der Waals surface area contributed by atoms with E-state index >= 15 is 0 Å². The molecule has 2 N–H and O–H groups in total. The molecule has 1 aromatic carbocycles. The number of aliphatic carboxylic acids is 1. The highest BCUT2D eigenvalue weighted by atomic mass is 32.2. The van der Waals surface area contributed by atoms with E-state index in [1.807, 2.05) is 0 Å². The van der Waals surface area contributed by atoms with E-state index in [2.05, 4.69) is 4.72 Å². The minimum atomic E-state index is -4.61. The second-order valence-electron chi connectivity index (χ2n) is 4.63. The van der Waals surface area contributed by atoms with Crippen molar-refractivity contribution in [2.75, 3.05) is 6.54 Å². The molecule has 0 atom stereocenters. The number of nitrogens with one attached hydrogen (secondary N) is 1. The number of carboxylic acids is 1. The van der Waals surface area contributed by atoms with Crippen LogP contribution in [0.15, 0.2) is 29.2 Å². The Balaban J connectivity index is 2.58. The predicted molar refractivity (Wildman–Crippen MR) is 72.7 cm³/mol. The zero-order valence-electron chi connectivity index (χ0n) is 11.6. The molecule has 0 aliphatic carbocycles. The first-order chi connectivity index (χ1) is 10.1. The van der Waals surface area contributed by atoms with E-state index in [0.717, 1.165) is 18.2 Å². The number of unbranched alkanes of at least 4 members (excludes halogenated alkanes) is 2. The summed E-state index contributed by atoms with van der Waals surface area (Å²) in [6, 6.07) is 3.49. The summed E-state index contributed by atoms with van der Waals surface area (Å²) in [5.74, 6) is -0.926. The van der Waals surface area contributed by atoms with Crippen molar-refractivity contribution in [1.29, 1.82) is 0 Å². The van der Waals surface area contributed by atoms with Crippen molar-refractivity contribution in [3.05, 3.63) is 29.8 Å². The fraction of sp³-hybridized carbons (Fsp3) is 0.462. The summed E-state index contributed by atoms with van der Waals surface area (Å²) < 4.78 is 63.6. The second kappa shape index (κ2) is 7.59. The topological polar surface area (TPSA) is 83.5 Å². The lowest BCUT2D eigenvalue weighted by atomic mass is 10.2. The molecule has 0 spiro atoms. The standard InChI is InChI=1S/C13H16F3NO4S/c14-13(15,16)10-5-4-6-11(9-10)22(20,21)17-8-3-1-2-7-12(18)19/h4-6,9,17H,1-3,7-8H2,(H,18,19). The Hall–Kier alpha value is -1.61. The number of carbonyl (C=O) groups is 1. The third kappa shape index (κ3) is 6.02. The van der Waals surface area contributed by atoms with Crippen LogP contribution in [-0.2, 0) is 21.0 Å². The highest BCUT2D eigenvalue weighted by Crippen LogP contribution is 2.30. The maximum atomic E-state index is 12.5. The molecule has 0 bridgehead atoms. The van der Waals surface area contributed by atoms with Gasteiger partial charge in [-0.3, -0.25) is 4.79 Å². The van der Waals surface area contributed by atoms with Crippen molar-refractivity contribution in [2.45, 2.75) is 36.8 Å². The van der Waals surface area contributed by atoms with Gasteiger partial charge in [-0.05, 0) is 31.0 Å². The van der Waals surface area contributed by atoms with E-state index in [0.29, 0.717) is 25.3 Å². The highest BCUT2D eigenvalue weighted by molar-refractivity contribution is 7.89. The van der Waals surface area contributed by atoms with Gasteiger partial charge in [-0.1, -0.05) is 12.5 Å². The first kappa shape index (κ1) is 18.4. The molecule has 0 aromatic heterocycles. The van der Waals surface area contributed by atoms with E-state index in [-0.39, 0.29) is 13.0 Å². The maximum Gasteiger partial charge on any atom is 0.416 e. The molecule has 1 rings (SSSR count). The highest BCUT2D eigenvalue weighted by Gasteiger charge is 2.31. The fourth-order valence-corrected chi connectivity index (χ4v) is 2.83. The Bertz CT molecular complexity index is 614. The largest absolute Gasteiger partial charge is 0.481 e. The third-order valence-electron chi connectivity index (χ3n) is 2.83. The van der Waals surface area contributed by atoms with Crippen molar-refractivity contribution >= 4 is 16.0 Å². The number of rotatable bonds is 8. The van der Waals surface area contributed by atoms with Gasteiger partial charge in [0.25, 0.3) is 0 Å². The SMILES string of the molecule is O=C(O)CCCCCNS(=O)(=O)c1cccc(C(F)(F)F)c1. The van der Waals surface area contributed by atoms with E-state index in [1.165, 1.54) is 0 Å². The van der Waals surface area contributed by atoms with Gasteiger partial charge in [0.15, 0.2) is 0 Å². The molecule has 0 amide bonds. The summed E-state index contributed by atoms with van der Waals surface area (Å²) in [6.07, 6.45) is -3.27. The average Bonchev–Trinajstić information content (AvgIpc) is 2.41. The van der Waals surface area contributed by atoms with Crippen LogP contribution in [0.25, 0.3) is 0 Å². The van der Waals surface area contributed by atoms with E-state index in [1.54, 1.807) is 0 Å². The molecule has 1 aromatic rings. The van der Waals surface area contributed by atoms with Crippen LogP contribution in [0.1, 0.15) is 31.2 Å². The molecule has 0 radical (unpaired) electrons. The molecule has 0 unspecified atom stereocenters. The first-order valence-corrected chi connectivity index (χ1v) is 8.00. The van der Waals surface area contributed by atoms with Crippen LogP contribution in [0.2, 0.25) is 0 Å². The van der Waals surface area contributed by atoms with Gasteiger partial charge in [0.05, 0.1) is 10.5 Å². The molecule has 0 saturated carbocycles. The van der Waals surface area contributed by atoms with Crippen LogP contribution in [0, 0.1) is 0 Å². The summed E-state index contributed by atoms with van der Waals surface area (Å²) in [5.41, 5.74) is -1.03. The van der Waals surface area contributed by atoms with E-state index in [4.69, 9.17) is 5.11 Å². The lowest BCUT2D eigenvalue weighted by molar-refractivity contribution is -0.138. The Labute approximate surface area is 126 Å². The number of carboxylic acid groups (broad SMARTS) is 1. The third-order valence-corrected chi connectivity index (χ3v) is 4.29. The summed E-state index contributed by atoms with van der Waals surface area (Å²) in [4.78, 5) is 9.83. The molecule has 0 aliphatic heterocycles. The van der Waals surface area contributed by atoms with Gasteiger partial charge in [0, 0.05) is 13.0 Å². The Morgan fingerprint density at radius 2 is 1.86 bits per heavy atom. The predicted octanol–water partition coefficient (Wildman–Crippen LogP) is 2.63. The minimum Gasteiger partial charge on any atom is -0.481 e. The van der Waals surface area contributed by atoms with Gasteiger partial charge in [-0.2, -0.15) is 13.2 Å². The molecule has 9 heteroatoms. The summed E-state index contributed by atoms with van der Waals surface area (Å²) in [7, 11) is -4.01. The molecule has 0 heterocycles. The van der Waals surface area contributed by atoms with Crippen molar-refractivity contribution in [1.82, 2.24) is 4.72 Å². The van der Waals surface area contributed by atoms with Crippen LogP contribution in [0.3, 0.4) is 0 Å². The summed E-state index contributed by atoms with van der Waals surface area (Å²) in [5, 5.41) is 8.44. The first-order valence-electron chi connectivity index (χ1n) is 6.51. The monoisotopic (exact) mass is 339 g/mol. The zero-order valence-corrected chi connectivity index (χ0v) is 12.4. The second-order valence-corrected chi connectivity index (χ2v) is 6.39. The van der Waals surface area contributed by atoms with Gasteiger partial charge in [-0.15, -0.1) is 0 Å². The molecule has 124 valence electrons. The average molecular weight is 339 g/mol. The maximum absolute atomic E-state index is 12.5. The smallest absolute Gasteiger partial charge is 0.416 e. The van der Waals surface area contributed by atoms with Crippen LogP contribution in [-0.4, -0.2) is 26.0 Å². The fourth-order valence-electron chi connectivity index (χ4n) is 1.71. The van der Waals surface area contributed by atoms with Crippen LogP contribution < -0.4 is 4.72 Å². The molecule has 22 heavy (non-hydrogen) atoms. The van der Waals surface area contributed by atoms with Gasteiger partial charge in [-0.25, -0.2) is 13.1 Å². The van der Waals surface area contributed by atoms with E-state index < -0.39 is 32.6 Å². The normalized spacial score (nSPS) is 12.3. The molecule has 5 nitrogen and oxygen atoms in total. The molecule has 0 aliphatic rings. The van der Waals surface area contributed by atoms with Gasteiger partial charge in [0.1, 0.15) is 0 Å². The van der Waals surface area contributed by atoms with Gasteiger partial charge < -0.3 is 5.11 Å². The number of sulfonamides is 1. The van der Waals surface area contributed by atoms with E-state index in [9.17, 15) is 26.4 Å². The number of benzene rings is 1. The molecule has 0 fully saturated rings. The Kier molecular flexibility index (Phi) is 6.36. The molecular formula is C13H16F3NO4S. The van der Waals surface area contributed by atoms with Crippen molar-refractivity contribution in [3.8, 4) is 0 Å². The van der Waals surface area contributed by atoms with Crippen LogP contribution in [0.4, 0.5) is 13.2 Å². The zero-order chi connectivity index (χ0) is 16.8. The van der Waals surface area contributed by atoms with Crippen LogP contribution in [0.5, 0.6) is 0 Å². The quantitative estimate of drug-likeness (QED) is 0.713. The van der Waals surface area contributed by atoms with Crippen molar-refractivity contribution in [2.24, 2.45) is 0 Å². The van der Waals surface area contributed by atoms with Crippen LogP contribution >= 0.6 is 0 Å². The lowest BCUT2D eigenvalue weighted by Crippen LogP contribution is -2.25. The molecular weight excluding hydrogens is 323 g/mol. The molecule has 0 saturated heterocycles. The van der Waals surface area contributed by atoms with Crippen molar-refractivity contribution in [3.63, 3.8) is 0 Å². The van der Waals surface area contributed by atoms with Gasteiger partial charge in [0.2, 0.25) is 10.0 Å². The number of hydrogen-bond acceptors (Lipinski definition) is 3. The Morgan fingerprint density at radius 1 is 1.18 bits per heavy atom. The Morgan fingerprint density at radius 3 is 2.45 bits per heavy atom. The number of hydrogen-bond donors (Lipinski definition) is 2.